The third-order valence-electron chi connectivity index (χ3n) is 3.09. The number of thioether (sulfide) groups is 1. The first-order valence-electron chi connectivity index (χ1n) is 5.72. The third-order valence-corrected chi connectivity index (χ3v) is 4.14. The molecule has 2 nitrogen and oxygen atoms in total. The topological polar surface area (TPSA) is 43.1 Å². The van der Waals surface area contributed by atoms with Crippen molar-refractivity contribution < 1.29 is 4.79 Å². The van der Waals surface area contributed by atoms with Gasteiger partial charge < -0.3 is 5.73 Å². The van der Waals surface area contributed by atoms with Gasteiger partial charge in [-0.05, 0) is 41.9 Å². The summed E-state index contributed by atoms with van der Waals surface area (Å²) in [5.41, 5.74) is 7.45. The molecular formula is C13H17NOS. The van der Waals surface area contributed by atoms with Crippen LogP contribution in [0.2, 0.25) is 0 Å². The highest BCUT2D eigenvalue weighted by Gasteiger charge is 2.16. The molecule has 0 saturated carbocycles. The Bertz CT molecular complexity index is 372. The molecule has 1 saturated heterocycles. The lowest BCUT2D eigenvalue weighted by Crippen LogP contribution is -2.14. The second kappa shape index (κ2) is 5.51. The van der Waals surface area contributed by atoms with Crippen molar-refractivity contribution >= 4 is 17.5 Å². The highest BCUT2D eigenvalue weighted by molar-refractivity contribution is 7.99. The quantitative estimate of drug-likeness (QED) is 0.818. The summed E-state index contributed by atoms with van der Waals surface area (Å²) in [6.45, 7) is 0.101. The average molecular weight is 235 g/mol. The van der Waals surface area contributed by atoms with E-state index in [9.17, 15) is 4.79 Å². The molecule has 1 heterocycles. The summed E-state index contributed by atoms with van der Waals surface area (Å²) in [5.74, 6) is 3.14. The Kier molecular flexibility index (Phi) is 4.02. The van der Waals surface area contributed by atoms with E-state index in [1.165, 1.54) is 29.9 Å². The van der Waals surface area contributed by atoms with Crippen LogP contribution in [-0.2, 0) is 0 Å². The molecule has 1 aliphatic heterocycles. The average Bonchev–Trinajstić information content (AvgIpc) is 2.39. The Morgan fingerprint density at radius 2 is 2.12 bits per heavy atom. The largest absolute Gasteiger partial charge is 0.324 e. The fourth-order valence-electron chi connectivity index (χ4n) is 2.11. The van der Waals surface area contributed by atoms with E-state index in [-0.39, 0.29) is 12.3 Å². The Morgan fingerprint density at radius 1 is 1.38 bits per heavy atom. The fourth-order valence-corrected chi connectivity index (χ4v) is 3.22. The lowest BCUT2D eigenvalue weighted by Gasteiger charge is -2.22. The number of benzene rings is 1. The van der Waals surface area contributed by atoms with Crippen LogP contribution in [0.4, 0.5) is 0 Å². The minimum atomic E-state index is 0.0343. The van der Waals surface area contributed by atoms with Gasteiger partial charge in [0.25, 0.3) is 0 Å². The molecule has 1 aliphatic rings. The molecule has 0 unspecified atom stereocenters. The zero-order valence-electron chi connectivity index (χ0n) is 9.32. The smallest absolute Gasteiger partial charge is 0.176 e. The van der Waals surface area contributed by atoms with E-state index in [2.05, 4.69) is 6.07 Å². The maximum absolute atomic E-state index is 11.5. The molecule has 0 amide bonds. The van der Waals surface area contributed by atoms with Crippen LogP contribution in [0.5, 0.6) is 0 Å². The predicted molar refractivity (Wildman–Crippen MR) is 69.1 cm³/mol. The van der Waals surface area contributed by atoms with Gasteiger partial charge in [-0.1, -0.05) is 18.2 Å². The molecule has 0 aliphatic carbocycles. The molecule has 0 radical (unpaired) electrons. The second-order valence-corrected chi connectivity index (χ2v) is 5.36. The van der Waals surface area contributed by atoms with Crippen molar-refractivity contribution in [1.29, 1.82) is 0 Å². The van der Waals surface area contributed by atoms with E-state index in [1.54, 1.807) is 0 Å². The molecule has 0 atom stereocenters. The lowest BCUT2D eigenvalue weighted by molar-refractivity contribution is 0.100. The van der Waals surface area contributed by atoms with Gasteiger partial charge in [-0.25, -0.2) is 0 Å². The number of carbonyl (C=O) groups is 1. The lowest BCUT2D eigenvalue weighted by atomic mass is 9.92. The molecular weight excluding hydrogens is 218 g/mol. The number of hydrogen-bond donors (Lipinski definition) is 1. The summed E-state index contributed by atoms with van der Waals surface area (Å²) in [7, 11) is 0. The van der Waals surface area contributed by atoms with Gasteiger partial charge >= 0.3 is 0 Å². The Balaban J connectivity index is 2.17. The second-order valence-electron chi connectivity index (χ2n) is 4.14. The van der Waals surface area contributed by atoms with Crippen molar-refractivity contribution in [3.8, 4) is 0 Å². The van der Waals surface area contributed by atoms with E-state index >= 15 is 0 Å². The molecule has 16 heavy (non-hydrogen) atoms. The first-order valence-corrected chi connectivity index (χ1v) is 6.87. The number of carbonyl (C=O) groups excluding carboxylic acids is 1. The minimum absolute atomic E-state index is 0.0343. The number of nitrogens with two attached hydrogens (primary N) is 1. The van der Waals surface area contributed by atoms with Crippen LogP contribution in [-0.4, -0.2) is 23.8 Å². The van der Waals surface area contributed by atoms with Gasteiger partial charge in [0, 0.05) is 5.56 Å². The molecule has 0 aromatic heterocycles. The van der Waals surface area contributed by atoms with E-state index in [4.69, 9.17) is 5.73 Å². The van der Waals surface area contributed by atoms with Gasteiger partial charge in [0.1, 0.15) is 0 Å². The number of rotatable bonds is 3. The van der Waals surface area contributed by atoms with Crippen LogP contribution in [0.3, 0.4) is 0 Å². The first kappa shape index (κ1) is 11.7. The summed E-state index contributed by atoms with van der Waals surface area (Å²) in [4.78, 5) is 11.5. The molecule has 1 fully saturated rings. The summed E-state index contributed by atoms with van der Waals surface area (Å²) < 4.78 is 0. The van der Waals surface area contributed by atoms with Gasteiger partial charge in [0.05, 0.1) is 6.54 Å². The standard InChI is InChI=1S/C13H17NOS/c14-9-13(15)12-3-1-2-11(8-12)10-4-6-16-7-5-10/h1-3,8,10H,4-7,9,14H2. The Morgan fingerprint density at radius 3 is 2.81 bits per heavy atom. The highest BCUT2D eigenvalue weighted by Crippen LogP contribution is 2.31. The maximum Gasteiger partial charge on any atom is 0.176 e. The van der Waals surface area contributed by atoms with E-state index in [1.807, 2.05) is 30.0 Å². The van der Waals surface area contributed by atoms with E-state index in [0.29, 0.717) is 5.92 Å². The van der Waals surface area contributed by atoms with Crippen LogP contribution in [0.25, 0.3) is 0 Å². The van der Waals surface area contributed by atoms with Crippen molar-refractivity contribution in [2.45, 2.75) is 18.8 Å². The molecule has 2 N–H and O–H groups in total. The zero-order chi connectivity index (χ0) is 11.4. The van der Waals surface area contributed by atoms with Crippen LogP contribution in [0, 0.1) is 0 Å². The summed E-state index contributed by atoms with van der Waals surface area (Å²) >= 11 is 2.02. The monoisotopic (exact) mass is 235 g/mol. The Labute approximate surface area is 101 Å². The van der Waals surface area contributed by atoms with Crippen molar-refractivity contribution in [3.63, 3.8) is 0 Å². The van der Waals surface area contributed by atoms with Crippen molar-refractivity contribution in [2.24, 2.45) is 5.73 Å². The molecule has 1 aromatic rings. The number of ketones is 1. The first-order chi connectivity index (χ1) is 7.81. The van der Waals surface area contributed by atoms with Gasteiger partial charge in [0.15, 0.2) is 5.78 Å². The van der Waals surface area contributed by atoms with Gasteiger partial charge in [0.2, 0.25) is 0 Å². The molecule has 0 bridgehead atoms. The summed E-state index contributed by atoms with van der Waals surface area (Å²) in [5, 5.41) is 0. The van der Waals surface area contributed by atoms with Gasteiger partial charge in [-0.3, -0.25) is 4.79 Å². The number of Topliss-reactive ketones (excluding diaryl/α,β-unsaturated/α-hetero) is 1. The summed E-state index contributed by atoms with van der Waals surface area (Å²) in [6, 6.07) is 7.99. The van der Waals surface area contributed by atoms with Gasteiger partial charge in [-0.2, -0.15) is 11.8 Å². The minimum Gasteiger partial charge on any atom is -0.324 e. The SMILES string of the molecule is NCC(=O)c1cccc(C2CCSCC2)c1. The Hall–Kier alpha value is -0.800. The van der Waals surface area contributed by atoms with Crippen LogP contribution in [0.1, 0.15) is 34.7 Å². The molecule has 1 aromatic carbocycles. The van der Waals surface area contributed by atoms with E-state index in [0.717, 1.165) is 5.56 Å². The zero-order valence-corrected chi connectivity index (χ0v) is 10.1. The van der Waals surface area contributed by atoms with Crippen LogP contribution in [0.15, 0.2) is 24.3 Å². The third kappa shape index (κ3) is 2.66. The highest BCUT2D eigenvalue weighted by atomic mass is 32.2. The molecule has 2 rings (SSSR count). The van der Waals surface area contributed by atoms with Crippen molar-refractivity contribution in [3.05, 3.63) is 35.4 Å². The van der Waals surface area contributed by atoms with E-state index < -0.39 is 0 Å². The fraction of sp³-hybridized carbons (Fsp3) is 0.462. The normalized spacial score (nSPS) is 17.3. The molecule has 3 heteroatoms. The summed E-state index contributed by atoms with van der Waals surface area (Å²) in [6.07, 6.45) is 2.45. The van der Waals surface area contributed by atoms with Crippen molar-refractivity contribution in [2.75, 3.05) is 18.1 Å². The van der Waals surface area contributed by atoms with Gasteiger partial charge in [-0.15, -0.1) is 0 Å². The molecule has 0 spiro atoms. The number of hydrogen-bond acceptors (Lipinski definition) is 3. The van der Waals surface area contributed by atoms with Crippen LogP contribution >= 0.6 is 11.8 Å². The predicted octanol–water partition coefficient (Wildman–Crippen LogP) is 2.44. The van der Waals surface area contributed by atoms with Crippen molar-refractivity contribution in [1.82, 2.24) is 0 Å². The molecule has 86 valence electrons. The maximum atomic E-state index is 11.5. The van der Waals surface area contributed by atoms with Crippen LogP contribution < -0.4 is 5.73 Å².